The van der Waals surface area contributed by atoms with E-state index < -0.39 is 12.3 Å². The zero-order valence-corrected chi connectivity index (χ0v) is 11.6. The van der Waals surface area contributed by atoms with Gasteiger partial charge < -0.3 is 10.1 Å². The lowest BCUT2D eigenvalue weighted by Gasteiger charge is -2.22. The largest absolute Gasteiger partial charge is 0.414 e. The highest BCUT2D eigenvalue weighted by molar-refractivity contribution is 5.30. The zero-order valence-electron chi connectivity index (χ0n) is 11.6. The molecule has 0 aromatic heterocycles. The third-order valence-electron chi connectivity index (χ3n) is 2.97. The molecule has 1 N–H and O–H groups in total. The molecule has 0 saturated carbocycles. The van der Waals surface area contributed by atoms with Crippen molar-refractivity contribution in [3.8, 4) is 0 Å². The number of hydrogen-bond donors (Lipinski definition) is 1. The van der Waals surface area contributed by atoms with Gasteiger partial charge in [-0.05, 0) is 33.4 Å². The summed E-state index contributed by atoms with van der Waals surface area (Å²) < 4.78 is 42.1. The standard InChI is InChI=1S/C14H20F3NO/c1-9-5-10(2)7-12(6-9)13(18-4)8-19-11(3)14(15,16)17/h5-7,11,13,18H,8H2,1-4H3. The van der Waals surface area contributed by atoms with Crippen molar-refractivity contribution >= 4 is 0 Å². The van der Waals surface area contributed by atoms with E-state index in [1.807, 2.05) is 32.0 Å². The first-order valence-electron chi connectivity index (χ1n) is 6.17. The van der Waals surface area contributed by atoms with Crippen molar-refractivity contribution in [3.05, 3.63) is 34.9 Å². The zero-order chi connectivity index (χ0) is 14.6. The molecule has 0 heterocycles. The molecule has 2 unspecified atom stereocenters. The van der Waals surface area contributed by atoms with Gasteiger partial charge in [0.15, 0.2) is 6.10 Å². The lowest BCUT2D eigenvalue weighted by molar-refractivity contribution is -0.215. The number of alkyl halides is 3. The van der Waals surface area contributed by atoms with Gasteiger partial charge in [-0.3, -0.25) is 0 Å². The van der Waals surface area contributed by atoms with Crippen LogP contribution in [0.25, 0.3) is 0 Å². The highest BCUT2D eigenvalue weighted by Crippen LogP contribution is 2.24. The molecule has 1 aromatic carbocycles. The Hall–Kier alpha value is -1.07. The molecule has 0 aliphatic carbocycles. The van der Waals surface area contributed by atoms with Crippen LogP contribution in [0.5, 0.6) is 0 Å². The Bertz CT molecular complexity index is 397. The maximum Gasteiger partial charge on any atom is 0.414 e. The van der Waals surface area contributed by atoms with Gasteiger partial charge in [0, 0.05) is 0 Å². The van der Waals surface area contributed by atoms with E-state index in [2.05, 4.69) is 5.32 Å². The molecular formula is C14H20F3NO. The Morgan fingerprint density at radius 2 is 1.68 bits per heavy atom. The average molecular weight is 275 g/mol. The molecule has 1 aromatic rings. The molecule has 1 rings (SSSR count). The number of halogens is 3. The van der Waals surface area contributed by atoms with Crippen molar-refractivity contribution in [1.29, 1.82) is 0 Å². The number of nitrogens with one attached hydrogen (secondary N) is 1. The summed E-state index contributed by atoms with van der Waals surface area (Å²) in [6, 6.07) is 5.68. The molecule has 0 spiro atoms. The average Bonchev–Trinajstić information content (AvgIpc) is 2.27. The van der Waals surface area contributed by atoms with Gasteiger partial charge in [-0.25, -0.2) is 0 Å². The van der Waals surface area contributed by atoms with Crippen molar-refractivity contribution < 1.29 is 17.9 Å². The molecule has 108 valence electrons. The first kappa shape index (κ1) is 16.0. The van der Waals surface area contributed by atoms with E-state index in [-0.39, 0.29) is 12.6 Å². The molecule has 2 nitrogen and oxygen atoms in total. The Kier molecular flexibility index (Phi) is 5.38. The fraction of sp³-hybridized carbons (Fsp3) is 0.571. The molecule has 0 fully saturated rings. The van der Waals surface area contributed by atoms with Gasteiger partial charge in [0.2, 0.25) is 0 Å². The topological polar surface area (TPSA) is 21.3 Å². The minimum absolute atomic E-state index is 0.0138. The van der Waals surface area contributed by atoms with E-state index in [1.165, 1.54) is 0 Å². The SMILES string of the molecule is CNC(COC(C)C(F)(F)F)c1cc(C)cc(C)c1. The number of ether oxygens (including phenoxy) is 1. The van der Waals surface area contributed by atoms with E-state index in [9.17, 15) is 13.2 Å². The second-order valence-electron chi connectivity index (χ2n) is 4.78. The number of benzene rings is 1. The molecule has 5 heteroatoms. The predicted molar refractivity (Wildman–Crippen MR) is 69.2 cm³/mol. The summed E-state index contributed by atoms with van der Waals surface area (Å²) >= 11 is 0. The van der Waals surface area contributed by atoms with Crippen LogP contribution in [0, 0.1) is 13.8 Å². The van der Waals surface area contributed by atoms with Crippen LogP contribution in [0.15, 0.2) is 18.2 Å². The van der Waals surface area contributed by atoms with Gasteiger partial charge in [-0.1, -0.05) is 29.3 Å². The van der Waals surface area contributed by atoms with Crippen LogP contribution in [-0.2, 0) is 4.74 Å². The highest BCUT2D eigenvalue weighted by atomic mass is 19.4. The first-order valence-corrected chi connectivity index (χ1v) is 6.17. The fourth-order valence-corrected chi connectivity index (χ4v) is 1.89. The van der Waals surface area contributed by atoms with E-state index in [4.69, 9.17) is 4.74 Å². The van der Waals surface area contributed by atoms with Gasteiger partial charge >= 0.3 is 6.18 Å². The predicted octanol–water partition coefficient (Wildman–Crippen LogP) is 3.53. The normalized spacial score (nSPS) is 15.3. The van der Waals surface area contributed by atoms with Crippen molar-refractivity contribution in [1.82, 2.24) is 5.32 Å². The molecule has 19 heavy (non-hydrogen) atoms. The maximum absolute atomic E-state index is 12.4. The van der Waals surface area contributed by atoms with Gasteiger partial charge in [-0.2, -0.15) is 13.2 Å². The van der Waals surface area contributed by atoms with E-state index in [1.54, 1.807) is 7.05 Å². The van der Waals surface area contributed by atoms with E-state index in [0.717, 1.165) is 23.6 Å². The van der Waals surface area contributed by atoms with Crippen molar-refractivity contribution in [2.75, 3.05) is 13.7 Å². The summed E-state index contributed by atoms with van der Waals surface area (Å²) in [5.41, 5.74) is 3.10. The van der Waals surface area contributed by atoms with Gasteiger partial charge in [-0.15, -0.1) is 0 Å². The molecular weight excluding hydrogens is 255 g/mol. The Morgan fingerprint density at radius 1 is 1.16 bits per heavy atom. The van der Waals surface area contributed by atoms with E-state index in [0.29, 0.717) is 0 Å². The highest BCUT2D eigenvalue weighted by Gasteiger charge is 2.37. The maximum atomic E-state index is 12.4. The van der Waals surface area contributed by atoms with Crippen molar-refractivity contribution in [2.45, 2.75) is 39.1 Å². The van der Waals surface area contributed by atoms with Crippen LogP contribution in [0.4, 0.5) is 13.2 Å². The lowest BCUT2D eigenvalue weighted by atomic mass is 10.0. The minimum atomic E-state index is -4.32. The summed E-state index contributed by atoms with van der Waals surface area (Å²) in [5.74, 6) is 0. The summed E-state index contributed by atoms with van der Waals surface area (Å²) in [5, 5.41) is 2.99. The van der Waals surface area contributed by atoms with Crippen LogP contribution in [0.3, 0.4) is 0 Å². The summed E-state index contributed by atoms with van der Waals surface area (Å²) in [6.07, 6.45) is -6.07. The fourth-order valence-electron chi connectivity index (χ4n) is 1.89. The Labute approximate surface area is 112 Å². The summed E-state index contributed by atoms with van der Waals surface area (Å²) in [6.45, 7) is 4.93. The second-order valence-corrected chi connectivity index (χ2v) is 4.78. The van der Waals surface area contributed by atoms with Gasteiger partial charge in [0.1, 0.15) is 0 Å². The third-order valence-corrected chi connectivity index (χ3v) is 2.97. The molecule has 0 saturated heterocycles. The van der Waals surface area contributed by atoms with E-state index >= 15 is 0 Å². The van der Waals surface area contributed by atoms with Crippen molar-refractivity contribution in [3.63, 3.8) is 0 Å². The van der Waals surface area contributed by atoms with Gasteiger partial charge in [0.25, 0.3) is 0 Å². The van der Waals surface area contributed by atoms with Crippen molar-refractivity contribution in [2.24, 2.45) is 0 Å². The van der Waals surface area contributed by atoms with Crippen LogP contribution >= 0.6 is 0 Å². The molecule has 0 aliphatic heterocycles. The summed E-state index contributed by atoms with van der Waals surface area (Å²) in [4.78, 5) is 0. The molecule has 2 atom stereocenters. The number of aryl methyl sites for hydroxylation is 2. The third kappa shape index (κ3) is 4.84. The van der Waals surface area contributed by atoms with Crippen LogP contribution in [-0.4, -0.2) is 25.9 Å². The second kappa shape index (κ2) is 6.39. The minimum Gasteiger partial charge on any atom is -0.367 e. The number of rotatable bonds is 5. The van der Waals surface area contributed by atoms with Crippen LogP contribution in [0.1, 0.15) is 29.7 Å². The monoisotopic (exact) mass is 275 g/mol. The number of likely N-dealkylation sites (N-methyl/N-ethyl adjacent to an activating group) is 1. The first-order chi connectivity index (χ1) is 8.74. The van der Waals surface area contributed by atoms with Crippen LogP contribution < -0.4 is 5.32 Å². The lowest BCUT2D eigenvalue weighted by Crippen LogP contribution is -2.32. The molecule has 0 radical (unpaired) electrons. The Balaban J connectivity index is 2.73. The molecule has 0 aliphatic rings. The smallest absolute Gasteiger partial charge is 0.367 e. The van der Waals surface area contributed by atoms with Gasteiger partial charge in [0.05, 0.1) is 12.6 Å². The molecule has 0 bridgehead atoms. The van der Waals surface area contributed by atoms with Crippen LogP contribution in [0.2, 0.25) is 0 Å². The number of hydrogen-bond acceptors (Lipinski definition) is 2. The quantitative estimate of drug-likeness (QED) is 0.887. The Morgan fingerprint density at radius 3 is 2.11 bits per heavy atom. The molecule has 0 amide bonds. The summed E-state index contributed by atoms with van der Waals surface area (Å²) in [7, 11) is 1.71.